The van der Waals surface area contributed by atoms with Gasteiger partial charge in [0.25, 0.3) is 5.69 Å². The lowest BCUT2D eigenvalue weighted by Gasteiger charge is -2.10. The summed E-state index contributed by atoms with van der Waals surface area (Å²) < 4.78 is 5.51. The summed E-state index contributed by atoms with van der Waals surface area (Å²) in [6.07, 6.45) is 1.53. The van der Waals surface area contributed by atoms with Gasteiger partial charge in [-0.15, -0.1) is 11.6 Å². The van der Waals surface area contributed by atoms with Crippen molar-refractivity contribution in [2.75, 3.05) is 0 Å². The van der Waals surface area contributed by atoms with Crippen LogP contribution in [-0.2, 0) is 5.88 Å². The second-order valence-corrected chi connectivity index (χ2v) is 4.78. The third kappa shape index (κ3) is 3.12. The van der Waals surface area contributed by atoms with Crippen molar-refractivity contribution in [1.29, 1.82) is 0 Å². The summed E-state index contributed by atoms with van der Waals surface area (Å²) in [6.45, 7) is 0. The Balaban J connectivity index is 2.41. The first-order chi connectivity index (χ1) is 9.52. The quantitative estimate of drug-likeness (QED) is 0.457. The molecule has 0 aliphatic carbocycles. The number of aromatic nitrogens is 1. The summed E-state index contributed by atoms with van der Waals surface area (Å²) >= 11 is 17.7. The summed E-state index contributed by atoms with van der Waals surface area (Å²) in [7, 11) is 0. The first-order valence-electron chi connectivity index (χ1n) is 5.34. The van der Waals surface area contributed by atoms with Crippen molar-refractivity contribution < 1.29 is 9.66 Å². The monoisotopic (exact) mass is 332 g/mol. The van der Waals surface area contributed by atoms with E-state index in [9.17, 15) is 10.1 Å². The van der Waals surface area contributed by atoms with Gasteiger partial charge in [-0.2, -0.15) is 0 Å². The molecule has 2 rings (SSSR count). The molecule has 104 valence electrons. The van der Waals surface area contributed by atoms with Crippen LogP contribution in [0.1, 0.15) is 5.56 Å². The van der Waals surface area contributed by atoms with Gasteiger partial charge in [-0.1, -0.05) is 29.3 Å². The molecule has 20 heavy (non-hydrogen) atoms. The normalized spacial score (nSPS) is 10.3. The number of hydrogen-bond acceptors (Lipinski definition) is 4. The van der Waals surface area contributed by atoms with Gasteiger partial charge >= 0.3 is 0 Å². The molecule has 1 aromatic heterocycles. The molecule has 0 spiro atoms. The maximum atomic E-state index is 10.7. The molecule has 0 bridgehead atoms. The smallest absolute Gasteiger partial charge is 0.272 e. The van der Waals surface area contributed by atoms with Crippen molar-refractivity contribution in [2.24, 2.45) is 0 Å². The van der Waals surface area contributed by atoms with Crippen LogP contribution in [0.5, 0.6) is 11.6 Å². The Labute approximate surface area is 129 Å². The molecule has 8 heteroatoms. The van der Waals surface area contributed by atoms with E-state index in [2.05, 4.69) is 4.98 Å². The van der Waals surface area contributed by atoms with Gasteiger partial charge in [0, 0.05) is 23.9 Å². The number of halogens is 3. The van der Waals surface area contributed by atoms with Crippen molar-refractivity contribution in [3.63, 3.8) is 0 Å². The van der Waals surface area contributed by atoms with Crippen LogP contribution in [0.15, 0.2) is 30.5 Å². The van der Waals surface area contributed by atoms with E-state index in [0.29, 0.717) is 5.56 Å². The maximum Gasteiger partial charge on any atom is 0.272 e. The molecule has 0 amide bonds. The van der Waals surface area contributed by atoms with Crippen LogP contribution in [0.3, 0.4) is 0 Å². The van der Waals surface area contributed by atoms with Gasteiger partial charge in [-0.25, -0.2) is 4.98 Å². The van der Waals surface area contributed by atoms with E-state index in [4.69, 9.17) is 39.5 Å². The van der Waals surface area contributed by atoms with Gasteiger partial charge < -0.3 is 4.74 Å². The van der Waals surface area contributed by atoms with E-state index in [1.807, 2.05) is 0 Å². The van der Waals surface area contributed by atoms with Gasteiger partial charge in [0.05, 0.1) is 20.8 Å². The van der Waals surface area contributed by atoms with Crippen LogP contribution < -0.4 is 4.74 Å². The summed E-state index contributed by atoms with van der Waals surface area (Å²) in [4.78, 5) is 14.1. The van der Waals surface area contributed by atoms with Gasteiger partial charge in [-0.05, 0) is 6.07 Å². The number of pyridine rings is 1. The molecule has 0 aliphatic rings. The summed E-state index contributed by atoms with van der Waals surface area (Å²) in [5.74, 6) is 0.551. The molecule has 0 N–H and O–H groups in total. The van der Waals surface area contributed by atoms with Crippen LogP contribution in [0, 0.1) is 10.1 Å². The first kappa shape index (κ1) is 14.8. The molecule has 1 heterocycles. The molecule has 0 radical (unpaired) electrons. The highest BCUT2D eigenvalue weighted by Gasteiger charge is 2.17. The Morgan fingerprint density at radius 2 is 1.95 bits per heavy atom. The number of nitro benzene ring substituents is 1. The number of rotatable bonds is 4. The second kappa shape index (κ2) is 6.26. The van der Waals surface area contributed by atoms with Crippen molar-refractivity contribution >= 4 is 40.5 Å². The highest BCUT2D eigenvalue weighted by molar-refractivity contribution is 6.37. The van der Waals surface area contributed by atoms with Crippen molar-refractivity contribution in [1.82, 2.24) is 4.98 Å². The Bertz CT molecular complexity index is 641. The lowest BCUT2D eigenvalue weighted by molar-refractivity contribution is -0.384. The SMILES string of the molecule is O=[N+]([O-])c1cc(Cl)c(Oc2ncccc2CCl)c(Cl)c1. The minimum absolute atomic E-state index is 0.0235. The summed E-state index contributed by atoms with van der Waals surface area (Å²) in [6, 6.07) is 5.77. The number of non-ortho nitro benzene ring substituents is 1. The molecule has 0 fully saturated rings. The number of benzene rings is 1. The summed E-state index contributed by atoms with van der Waals surface area (Å²) in [5.41, 5.74) is 0.436. The average molecular weight is 334 g/mol. The van der Waals surface area contributed by atoms with Crippen LogP contribution >= 0.6 is 34.8 Å². The zero-order chi connectivity index (χ0) is 14.7. The fraction of sp³-hybridized carbons (Fsp3) is 0.0833. The number of nitrogens with zero attached hydrogens (tertiary/aromatic N) is 2. The number of ether oxygens (including phenoxy) is 1. The zero-order valence-electron chi connectivity index (χ0n) is 9.85. The third-order valence-electron chi connectivity index (χ3n) is 2.39. The Morgan fingerprint density at radius 1 is 1.30 bits per heavy atom. The number of alkyl halides is 1. The number of nitro groups is 1. The van der Waals surface area contributed by atoms with Gasteiger partial charge in [0.15, 0.2) is 5.75 Å². The first-order valence-corrected chi connectivity index (χ1v) is 6.63. The summed E-state index contributed by atoms with van der Waals surface area (Å²) in [5, 5.41) is 10.7. The van der Waals surface area contributed by atoms with Gasteiger partial charge in [0.2, 0.25) is 5.88 Å². The van der Waals surface area contributed by atoms with Crippen LogP contribution in [0.2, 0.25) is 10.0 Å². The van der Waals surface area contributed by atoms with Gasteiger partial charge in [-0.3, -0.25) is 10.1 Å². The van der Waals surface area contributed by atoms with Crippen molar-refractivity contribution in [2.45, 2.75) is 5.88 Å². The zero-order valence-corrected chi connectivity index (χ0v) is 12.1. The molecular formula is C12H7Cl3N2O3. The lowest BCUT2D eigenvalue weighted by Crippen LogP contribution is -1.95. The lowest BCUT2D eigenvalue weighted by atomic mass is 10.3. The predicted octanol–water partition coefficient (Wildman–Crippen LogP) is 4.83. The van der Waals surface area contributed by atoms with Gasteiger partial charge in [0.1, 0.15) is 0 Å². The average Bonchev–Trinajstić information content (AvgIpc) is 2.42. The molecule has 2 aromatic rings. The largest absolute Gasteiger partial charge is 0.436 e. The minimum Gasteiger partial charge on any atom is -0.436 e. The molecule has 0 unspecified atom stereocenters. The molecule has 0 saturated heterocycles. The van der Waals surface area contributed by atoms with Crippen LogP contribution in [0.25, 0.3) is 0 Å². The molecule has 0 atom stereocenters. The molecule has 5 nitrogen and oxygen atoms in total. The highest BCUT2D eigenvalue weighted by atomic mass is 35.5. The molecule has 0 saturated carbocycles. The minimum atomic E-state index is -0.591. The maximum absolute atomic E-state index is 10.7. The fourth-order valence-electron chi connectivity index (χ4n) is 1.46. The van der Waals surface area contributed by atoms with E-state index >= 15 is 0 Å². The standard InChI is InChI=1S/C12H7Cl3N2O3/c13-6-7-2-1-3-16-12(7)20-11-9(14)4-8(17(18)19)5-10(11)15/h1-5H,6H2. The number of hydrogen-bond donors (Lipinski definition) is 0. The third-order valence-corrected chi connectivity index (χ3v) is 3.24. The van der Waals surface area contributed by atoms with E-state index in [-0.39, 0.29) is 33.2 Å². The molecule has 0 aliphatic heterocycles. The van der Waals surface area contributed by atoms with Crippen LogP contribution in [-0.4, -0.2) is 9.91 Å². The van der Waals surface area contributed by atoms with E-state index < -0.39 is 4.92 Å². The molecular weight excluding hydrogens is 327 g/mol. The van der Waals surface area contributed by atoms with E-state index in [0.717, 1.165) is 12.1 Å². The van der Waals surface area contributed by atoms with Crippen molar-refractivity contribution in [3.05, 3.63) is 56.2 Å². The Kier molecular flexibility index (Phi) is 4.65. The topological polar surface area (TPSA) is 65.3 Å². The second-order valence-electron chi connectivity index (χ2n) is 3.70. The van der Waals surface area contributed by atoms with Crippen molar-refractivity contribution in [3.8, 4) is 11.6 Å². The fourth-order valence-corrected chi connectivity index (χ4v) is 2.22. The van der Waals surface area contributed by atoms with Crippen LogP contribution in [0.4, 0.5) is 5.69 Å². The highest BCUT2D eigenvalue weighted by Crippen LogP contribution is 2.39. The van der Waals surface area contributed by atoms with E-state index in [1.165, 1.54) is 6.20 Å². The predicted molar refractivity (Wildman–Crippen MR) is 77.0 cm³/mol. The Hall–Kier alpha value is -1.56. The molecule has 1 aromatic carbocycles. The Morgan fingerprint density at radius 3 is 2.50 bits per heavy atom. The van der Waals surface area contributed by atoms with E-state index in [1.54, 1.807) is 12.1 Å².